The van der Waals surface area contributed by atoms with Gasteiger partial charge in [0.15, 0.2) is 0 Å². The zero-order valence-electron chi connectivity index (χ0n) is 9.62. The van der Waals surface area contributed by atoms with Crippen LogP contribution in [0.25, 0.3) is 0 Å². The number of aliphatic carboxylic acids is 1. The van der Waals surface area contributed by atoms with Crippen molar-refractivity contribution in [3.8, 4) is 0 Å². The molecule has 1 aromatic heterocycles. The number of nitrogens with one attached hydrogen (secondary N) is 1. The van der Waals surface area contributed by atoms with Gasteiger partial charge in [-0.2, -0.15) is 5.10 Å². The molecule has 4 nitrogen and oxygen atoms in total. The van der Waals surface area contributed by atoms with E-state index >= 15 is 0 Å². The second kappa shape index (κ2) is 4.68. The molecule has 2 N–H and O–H groups in total. The van der Waals surface area contributed by atoms with Crippen molar-refractivity contribution >= 4 is 5.97 Å². The van der Waals surface area contributed by atoms with Gasteiger partial charge >= 0.3 is 5.97 Å². The standard InChI is InChI=1S/C12H18N2O2/c1-8-10(7-11(15)16)12(14-13-8)9-5-3-2-4-6-9/h9H,2-7H2,1H3,(H,13,14)(H,15,16). The van der Waals surface area contributed by atoms with E-state index in [4.69, 9.17) is 5.11 Å². The Bertz CT molecular complexity index is 378. The third-order valence-corrected chi connectivity index (χ3v) is 3.43. The van der Waals surface area contributed by atoms with Crippen LogP contribution in [-0.2, 0) is 11.2 Å². The summed E-state index contributed by atoms with van der Waals surface area (Å²) in [4.78, 5) is 10.8. The second-order valence-electron chi connectivity index (χ2n) is 4.62. The highest BCUT2D eigenvalue weighted by Gasteiger charge is 2.23. The minimum Gasteiger partial charge on any atom is -0.481 e. The Hall–Kier alpha value is -1.32. The van der Waals surface area contributed by atoms with Crippen molar-refractivity contribution < 1.29 is 9.90 Å². The largest absolute Gasteiger partial charge is 0.481 e. The molecule has 0 radical (unpaired) electrons. The first-order valence-electron chi connectivity index (χ1n) is 5.94. The van der Waals surface area contributed by atoms with Gasteiger partial charge in [-0.15, -0.1) is 0 Å². The molecule has 4 heteroatoms. The fourth-order valence-electron chi connectivity index (χ4n) is 2.56. The number of hydrogen-bond donors (Lipinski definition) is 2. The summed E-state index contributed by atoms with van der Waals surface area (Å²) in [5.41, 5.74) is 2.81. The summed E-state index contributed by atoms with van der Waals surface area (Å²) in [5.74, 6) is -0.311. The Morgan fingerprint density at radius 3 is 2.75 bits per heavy atom. The second-order valence-corrected chi connectivity index (χ2v) is 4.62. The summed E-state index contributed by atoms with van der Waals surface area (Å²) >= 11 is 0. The predicted molar refractivity (Wildman–Crippen MR) is 60.5 cm³/mol. The van der Waals surface area contributed by atoms with Crippen molar-refractivity contribution in [3.05, 3.63) is 17.0 Å². The van der Waals surface area contributed by atoms with Crippen LogP contribution in [0, 0.1) is 6.92 Å². The van der Waals surface area contributed by atoms with Gasteiger partial charge < -0.3 is 5.11 Å². The summed E-state index contributed by atoms with van der Waals surface area (Å²) in [6, 6.07) is 0. The molecule has 88 valence electrons. The Labute approximate surface area is 95.1 Å². The first-order chi connectivity index (χ1) is 7.68. The van der Waals surface area contributed by atoms with Crippen LogP contribution in [0.3, 0.4) is 0 Å². The topological polar surface area (TPSA) is 66.0 Å². The Balaban J connectivity index is 2.22. The van der Waals surface area contributed by atoms with Crippen molar-refractivity contribution in [3.63, 3.8) is 0 Å². The number of hydrogen-bond acceptors (Lipinski definition) is 2. The molecule has 0 unspecified atom stereocenters. The number of carbonyl (C=O) groups is 1. The van der Waals surface area contributed by atoms with Gasteiger partial charge in [-0.1, -0.05) is 19.3 Å². The Morgan fingerprint density at radius 2 is 2.12 bits per heavy atom. The number of aromatic amines is 1. The number of aryl methyl sites for hydroxylation is 1. The van der Waals surface area contributed by atoms with Crippen LogP contribution in [0.1, 0.15) is 55.0 Å². The maximum atomic E-state index is 10.8. The fraction of sp³-hybridized carbons (Fsp3) is 0.667. The monoisotopic (exact) mass is 222 g/mol. The molecule has 0 atom stereocenters. The highest BCUT2D eigenvalue weighted by Crippen LogP contribution is 2.34. The molecule has 2 rings (SSSR count). The first-order valence-corrected chi connectivity index (χ1v) is 5.94. The summed E-state index contributed by atoms with van der Waals surface area (Å²) in [7, 11) is 0. The SMILES string of the molecule is Cc1[nH]nc(C2CCCCC2)c1CC(=O)O. The fourth-order valence-corrected chi connectivity index (χ4v) is 2.56. The highest BCUT2D eigenvalue weighted by molar-refractivity contribution is 5.71. The van der Waals surface area contributed by atoms with Crippen LogP contribution >= 0.6 is 0 Å². The molecule has 1 aliphatic rings. The van der Waals surface area contributed by atoms with E-state index in [2.05, 4.69) is 10.2 Å². The van der Waals surface area contributed by atoms with E-state index in [1.54, 1.807) is 0 Å². The molecular weight excluding hydrogens is 204 g/mol. The minimum atomic E-state index is -0.776. The van der Waals surface area contributed by atoms with E-state index in [9.17, 15) is 4.79 Å². The molecule has 1 saturated carbocycles. The zero-order valence-corrected chi connectivity index (χ0v) is 9.62. The lowest BCUT2D eigenvalue weighted by Gasteiger charge is -2.20. The van der Waals surface area contributed by atoms with E-state index in [1.165, 1.54) is 19.3 Å². The van der Waals surface area contributed by atoms with Gasteiger partial charge in [0.2, 0.25) is 0 Å². The summed E-state index contributed by atoms with van der Waals surface area (Å²) in [5, 5.41) is 16.1. The third-order valence-electron chi connectivity index (χ3n) is 3.43. The van der Waals surface area contributed by atoms with E-state index in [-0.39, 0.29) is 6.42 Å². The number of H-pyrrole nitrogens is 1. The van der Waals surface area contributed by atoms with E-state index in [0.717, 1.165) is 29.8 Å². The molecule has 1 heterocycles. The Kier molecular flexibility index (Phi) is 3.27. The van der Waals surface area contributed by atoms with Crippen molar-refractivity contribution in [1.29, 1.82) is 0 Å². The molecule has 1 aromatic rings. The van der Waals surface area contributed by atoms with Gasteiger partial charge in [-0.05, 0) is 19.8 Å². The number of aromatic nitrogens is 2. The maximum Gasteiger partial charge on any atom is 0.307 e. The van der Waals surface area contributed by atoms with Crippen molar-refractivity contribution in [2.45, 2.75) is 51.4 Å². The zero-order chi connectivity index (χ0) is 11.5. The highest BCUT2D eigenvalue weighted by atomic mass is 16.4. The molecular formula is C12H18N2O2. The first kappa shape index (κ1) is 11.2. The van der Waals surface area contributed by atoms with E-state index < -0.39 is 5.97 Å². The number of rotatable bonds is 3. The average molecular weight is 222 g/mol. The smallest absolute Gasteiger partial charge is 0.307 e. The van der Waals surface area contributed by atoms with Gasteiger partial charge in [-0.3, -0.25) is 9.89 Å². The quantitative estimate of drug-likeness (QED) is 0.825. The third kappa shape index (κ3) is 2.26. The van der Waals surface area contributed by atoms with Crippen LogP contribution in [0.5, 0.6) is 0 Å². The molecule has 0 bridgehead atoms. The molecule has 0 saturated heterocycles. The molecule has 1 aliphatic carbocycles. The molecule has 1 fully saturated rings. The molecule has 16 heavy (non-hydrogen) atoms. The normalized spacial score (nSPS) is 17.6. The summed E-state index contributed by atoms with van der Waals surface area (Å²) in [6.07, 6.45) is 6.17. The van der Waals surface area contributed by atoms with Crippen LogP contribution in [-0.4, -0.2) is 21.3 Å². The summed E-state index contributed by atoms with van der Waals surface area (Å²) < 4.78 is 0. The van der Waals surface area contributed by atoms with Crippen molar-refractivity contribution in [2.24, 2.45) is 0 Å². The van der Waals surface area contributed by atoms with Crippen LogP contribution in [0.4, 0.5) is 0 Å². The van der Waals surface area contributed by atoms with Crippen LogP contribution in [0.15, 0.2) is 0 Å². The van der Waals surface area contributed by atoms with Gasteiger partial charge in [0.25, 0.3) is 0 Å². The minimum absolute atomic E-state index is 0.0914. The van der Waals surface area contributed by atoms with Gasteiger partial charge in [0, 0.05) is 17.2 Å². The Morgan fingerprint density at radius 1 is 1.44 bits per heavy atom. The van der Waals surface area contributed by atoms with Crippen LogP contribution < -0.4 is 0 Å². The predicted octanol–water partition coefficient (Wildman–Crippen LogP) is 2.39. The van der Waals surface area contributed by atoms with Crippen molar-refractivity contribution in [2.75, 3.05) is 0 Å². The lowest BCUT2D eigenvalue weighted by molar-refractivity contribution is -0.136. The molecule has 0 aliphatic heterocycles. The number of carboxylic acids is 1. The molecule has 0 spiro atoms. The average Bonchev–Trinajstić information content (AvgIpc) is 2.61. The van der Waals surface area contributed by atoms with Crippen molar-refractivity contribution in [1.82, 2.24) is 10.2 Å². The molecule has 0 amide bonds. The number of carboxylic acid groups (broad SMARTS) is 1. The summed E-state index contributed by atoms with van der Waals surface area (Å²) in [6.45, 7) is 1.90. The van der Waals surface area contributed by atoms with E-state index in [0.29, 0.717) is 5.92 Å². The maximum absolute atomic E-state index is 10.8. The van der Waals surface area contributed by atoms with Gasteiger partial charge in [0.05, 0.1) is 12.1 Å². The van der Waals surface area contributed by atoms with E-state index in [1.807, 2.05) is 6.92 Å². The molecule has 0 aromatic carbocycles. The van der Waals surface area contributed by atoms with Crippen LogP contribution in [0.2, 0.25) is 0 Å². The van der Waals surface area contributed by atoms with Gasteiger partial charge in [-0.25, -0.2) is 0 Å². The lowest BCUT2D eigenvalue weighted by atomic mass is 9.85. The van der Waals surface area contributed by atoms with Gasteiger partial charge in [0.1, 0.15) is 0 Å². The lowest BCUT2D eigenvalue weighted by Crippen LogP contribution is -2.10. The number of nitrogens with zero attached hydrogens (tertiary/aromatic N) is 1.